The minimum Gasteiger partial charge on any atom is -0.463 e. The third-order valence-electron chi connectivity index (χ3n) is 2.59. The highest BCUT2D eigenvalue weighted by Crippen LogP contribution is 3.00. The van der Waals surface area contributed by atoms with Gasteiger partial charge in [-0.15, -0.1) is 0 Å². The molecule has 8 heteroatoms. The molecule has 1 aromatic rings. The summed E-state index contributed by atoms with van der Waals surface area (Å²) in [4.78, 5) is 11.0. The number of hydrogen-bond donors (Lipinski definition) is 0. The maximum Gasteiger partial charge on any atom is 0.330 e. The average molecular weight is 330 g/mol. The number of benzene rings is 1. The molecule has 0 saturated carbocycles. The summed E-state index contributed by atoms with van der Waals surface area (Å²) in [6, 6.07) is 7.09. The zero-order valence-corrected chi connectivity index (χ0v) is 12.0. The van der Waals surface area contributed by atoms with Crippen molar-refractivity contribution in [2.24, 2.45) is 0 Å². The van der Waals surface area contributed by atoms with Gasteiger partial charge in [-0.25, -0.2) is 4.79 Å². The van der Waals surface area contributed by atoms with Crippen LogP contribution in [0.4, 0.5) is 19.4 Å². The number of halogens is 5. The minimum absolute atomic E-state index is 0.0526. The van der Waals surface area contributed by atoms with Crippen molar-refractivity contribution < 1.29 is 29.0 Å². The first-order valence-corrected chi connectivity index (χ1v) is 8.05. The van der Waals surface area contributed by atoms with Crippen LogP contribution in [0.15, 0.2) is 42.5 Å². The van der Waals surface area contributed by atoms with E-state index in [4.69, 9.17) is 0 Å². The molecule has 0 aliphatic heterocycles. The fraction of sp³-hybridized carbons (Fsp3) is 0.308. The molecule has 0 aliphatic carbocycles. The molecule has 120 valence electrons. The van der Waals surface area contributed by atoms with Crippen LogP contribution in [-0.2, 0) is 16.0 Å². The Morgan fingerprint density at radius 3 is 2.24 bits per heavy atom. The molecule has 0 radical (unpaired) electrons. The van der Waals surface area contributed by atoms with Crippen LogP contribution in [0.3, 0.4) is 0 Å². The Kier molecular flexibility index (Phi) is 4.43. The van der Waals surface area contributed by atoms with E-state index in [1.165, 1.54) is 31.2 Å². The lowest BCUT2D eigenvalue weighted by molar-refractivity contribution is -0.137. The molecule has 1 unspecified atom stereocenters. The van der Waals surface area contributed by atoms with Gasteiger partial charge < -0.3 is 4.74 Å². The van der Waals surface area contributed by atoms with Crippen LogP contribution in [0.2, 0.25) is 0 Å². The minimum atomic E-state index is -9.77. The van der Waals surface area contributed by atoms with E-state index < -0.39 is 27.9 Å². The molecule has 0 bridgehead atoms. The highest BCUT2D eigenvalue weighted by Gasteiger charge is 2.68. The second-order valence-electron chi connectivity index (χ2n) is 4.37. The van der Waals surface area contributed by atoms with Crippen LogP contribution >= 0.6 is 10.2 Å². The van der Waals surface area contributed by atoms with E-state index in [1.807, 2.05) is 0 Å². The monoisotopic (exact) mass is 330 g/mol. The summed E-state index contributed by atoms with van der Waals surface area (Å²) in [5.74, 6) is -1.09. The van der Waals surface area contributed by atoms with Gasteiger partial charge in [0.25, 0.3) is 10.2 Å². The number of esters is 1. The smallest absolute Gasteiger partial charge is 0.330 e. The topological polar surface area (TPSA) is 26.3 Å². The predicted molar refractivity (Wildman–Crippen MR) is 72.8 cm³/mol. The van der Waals surface area contributed by atoms with E-state index in [-0.39, 0.29) is 18.2 Å². The Hall–Kier alpha value is -1.57. The standard InChI is InChI=1S/C13H15F5O2S/c1-2-20-13(19)9-8-12(21(14,15,16,17)18)10-11-6-4-3-5-7-11/h3-9,12H,2,10H2,1H3. The molecule has 2 nitrogen and oxygen atoms in total. The molecule has 0 aliphatic rings. The summed E-state index contributed by atoms with van der Waals surface area (Å²) in [6.45, 7) is 1.40. The van der Waals surface area contributed by atoms with E-state index >= 15 is 0 Å². The molecular formula is C13H15F5O2S. The second-order valence-corrected chi connectivity index (χ2v) is 7.03. The fourth-order valence-electron chi connectivity index (χ4n) is 1.60. The SMILES string of the molecule is CCOC(=O)C=CC(Cc1ccccc1)S(F)(F)(F)(F)F. The molecule has 0 aromatic heterocycles. The molecule has 1 rings (SSSR count). The van der Waals surface area contributed by atoms with Gasteiger partial charge in [0.05, 0.1) is 6.61 Å². The van der Waals surface area contributed by atoms with Crippen LogP contribution in [-0.4, -0.2) is 17.8 Å². The van der Waals surface area contributed by atoms with Crippen LogP contribution in [0.5, 0.6) is 0 Å². The fourth-order valence-corrected chi connectivity index (χ4v) is 2.48. The second kappa shape index (κ2) is 5.32. The summed E-state index contributed by atoms with van der Waals surface area (Å²) >= 11 is 0. The number of rotatable bonds is 6. The van der Waals surface area contributed by atoms with E-state index in [1.54, 1.807) is 6.07 Å². The number of carbonyl (C=O) groups excluding carboxylic acids is 1. The lowest BCUT2D eigenvalue weighted by Gasteiger charge is -2.46. The van der Waals surface area contributed by atoms with Gasteiger partial charge in [-0.05, 0) is 18.9 Å². The maximum absolute atomic E-state index is 13.0. The highest BCUT2D eigenvalue weighted by molar-refractivity contribution is 8.46. The summed E-state index contributed by atoms with van der Waals surface area (Å²) in [5.41, 5.74) is 0.101. The van der Waals surface area contributed by atoms with Crippen LogP contribution < -0.4 is 0 Å². The first kappa shape index (κ1) is 17.5. The summed E-state index contributed by atoms with van der Waals surface area (Å²) in [7, 11) is -9.77. The van der Waals surface area contributed by atoms with Gasteiger partial charge in [0.15, 0.2) is 0 Å². The molecule has 1 aromatic carbocycles. The highest BCUT2D eigenvalue weighted by atomic mass is 32.5. The van der Waals surface area contributed by atoms with Crippen molar-refractivity contribution in [1.29, 1.82) is 0 Å². The van der Waals surface area contributed by atoms with Crippen molar-refractivity contribution in [2.75, 3.05) is 6.61 Å². The quantitative estimate of drug-likeness (QED) is 0.416. The van der Waals surface area contributed by atoms with Crippen molar-refractivity contribution in [1.82, 2.24) is 0 Å². The van der Waals surface area contributed by atoms with Crippen LogP contribution in [0.1, 0.15) is 12.5 Å². The number of carbonyl (C=O) groups is 1. The van der Waals surface area contributed by atoms with Crippen molar-refractivity contribution in [3.8, 4) is 0 Å². The molecule has 21 heavy (non-hydrogen) atoms. The molecule has 0 spiro atoms. The van der Waals surface area contributed by atoms with E-state index in [0.29, 0.717) is 6.08 Å². The number of ether oxygens (including phenoxy) is 1. The summed E-state index contributed by atoms with van der Waals surface area (Å²) in [6.07, 6.45) is -0.365. The van der Waals surface area contributed by atoms with E-state index in [0.717, 1.165) is 0 Å². The van der Waals surface area contributed by atoms with Gasteiger partial charge >= 0.3 is 5.97 Å². The Bertz CT molecular complexity index is 524. The van der Waals surface area contributed by atoms with Gasteiger partial charge in [-0.2, -0.15) is 0 Å². The zero-order valence-electron chi connectivity index (χ0n) is 11.1. The molecule has 0 amide bonds. The van der Waals surface area contributed by atoms with Crippen molar-refractivity contribution >= 4 is 16.2 Å². The summed E-state index contributed by atoms with van der Waals surface area (Å²) < 4.78 is 69.4. The first-order chi connectivity index (χ1) is 9.42. The Balaban J connectivity index is 3.06. The molecular weight excluding hydrogens is 315 g/mol. The van der Waals surface area contributed by atoms with E-state index in [9.17, 15) is 24.2 Å². The molecule has 0 fully saturated rings. The maximum atomic E-state index is 13.0. The first-order valence-electron chi connectivity index (χ1n) is 6.04. The number of hydrogen-bond acceptors (Lipinski definition) is 2. The summed E-state index contributed by atoms with van der Waals surface area (Å²) in [5, 5.41) is -3.02. The molecule has 0 N–H and O–H groups in total. The van der Waals surface area contributed by atoms with Crippen LogP contribution in [0, 0.1) is 0 Å². The van der Waals surface area contributed by atoms with Gasteiger partial charge in [0, 0.05) is 6.08 Å². The average Bonchev–Trinajstić information content (AvgIpc) is 2.33. The molecule has 0 saturated heterocycles. The van der Waals surface area contributed by atoms with Crippen LogP contribution in [0.25, 0.3) is 0 Å². The zero-order chi connectivity index (χ0) is 16.2. The van der Waals surface area contributed by atoms with Crippen molar-refractivity contribution in [2.45, 2.75) is 18.6 Å². The Morgan fingerprint density at radius 1 is 1.19 bits per heavy atom. The predicted octanol–water partition coefficient (Wildman–Crippen LogP) is 5.02. The molecule has 0 heterocycles. The van der Waals surface area contributed by atoms with Gasteiger partial charge in [-0.3, -0.25) is 0 Å². The Morgan fingerprint density at radius 2 is 1.76 bits per heavy atom. The lowest BCUT2D eigenvalue weighted by atomic mass is 10.1. The third kappa shape index (κ3) is 6.16. The third-order valence-corrected chi connectivity index (χ3v) is 4.05. The van der Waals surface area contributed by atoms with Crippen molar-refractivity contribution in [3.63, 3.8) is 0 Å². The normalized spacial score (nSPS) is 17.0. The Labute approximate surface area is 119 Å². The largest absolute Gasteiger partial charge is 0.463 e. The van der Waals surface area contributed by atoms with Gasteiger partial charge in [0.1, 0.15) is 5.25 Å². The van der Waals surface area contributed by atoms with E-state index in [2.05, 4.69) is 4.74 Å². The molecule has 1 atom stereocenters. The van der Waals surface area contributed by atoms with Gasteiger partial charge in [0.2, 0.25) is 0 Å². The van der Waals surface area contributed by atoms with Gasteiger partial charge in [-0.1, -0.05) is 55.8 Å². The lowest BCUT2D eigenvalue weighted by Crippen LogP contribution is -2.26. The van der Waals surface area contributed by atoms with Crippen molar-refractivity contribution in [3.05, 3.63) is 48.0 Å².